The number of ketones is 1. The van der Waals surface area contributed by atoms with E-state index < -0.39 is 0 Å². The average molecular weight is 531 g/mol. The van der Waals surface area contributed by atoms with E-state index in [0.717, 1.165) is 18.4 Å². The quantitative estimate of drug-likeness (QED) is 0.0773. The number of unbranched alkanes of at least 4 members (excludes halogenated alkanes) is 15. The molecule has 0 saturated heterocycles. The standard InChI is InChI=1S/C36H50OS/c1-2-3-4-5-6-7-8-9-10-11-12-13-14-15-16-20-27-35(36(37)32-24-18-17-19-25-32)38-34-29-28-31-23-21-22-26-33(31)30-34/h17-19,21-26,28-30,35H,2-16,20,27H2,1H3. The molecular weight excluding hydrogens is 480 g/mol. The van der Waals surface area contributed by atoms with Crippen LogP contribution in [0.5, 0.6) is 0 Å². The van der Waals surface area contributed by atoms with Gasteiger partial charge in [0.2, 0.25) is 0 Å². The van der Waals surface area contributed by atoms with Crippen LogP contribution in [-0.4, -0.2) is 11.0 Å². The minimum atomic E-state index is -0.0230. The second kappa shape index (κ2) is 19.1. The van der Waals surface area contributed by atoms with Gasteiger partial charge in [-0.05, 0) is 29.3 Å². The summed E-state index contributed by atoms with van der Waals surface area (Å²) in [4.78, 5) is 14.6. The lowest BCUT2D eigenvalue weighted by Crippen LogP contribution is -2.17. The minimum absolute atomic E-state index is 0.0230. The summed E-state index contributed by atoms with van der Waals surface area (Å²) >= 11 is 1.74. The number of carbonyl (C=O) groups excluding carboxylic acids is 1. The number of thioether (sulfide) groups is 1. The zero-order valence-corrected chi connectivity index (χ0v) is 24.7. The van der Waals surface area contributed by atoms with Crippen LogP contribution in [0.15, 0.2) is 77.7 Å². The molecule has 2 heteroatoms. The van der Waals surface area contributed by atoms with Crippen molar-refractivity contribution < 1.29 is 4.79 Å². The second-order valence-electron chi connectivity index (χ2n) is 10.9. The third-order valence-corrected chi connectivity index (χ3v) is 8.93. The first-order valence-electron chi connectivity index (χ1n) is 15.5. The van der Waals surface area contributed by atoms with Gasteiger partial charge >= 0.3 is 0 Å². The zero-order chi connectivity index (χ0) is 26.7. The molecule has 0 N–H and O–H groups in total. The Morgan fingerprint density at radius 2 is 1.08 bits per heavy atom. The van der Waals surface area contributed by atoms with Crippen LogP contribution in [0.3, 0.4) is 0 Å². The van der Waals surface area contributed by atoms with Crippen molar-refractivity contribution in [1.29, 1.82) is 0 Å². The van der Waals surface area contributed by atoms with Crippen LogP contribution in [0.1, 0.15) is 126 Å². The third-order valence-electron chi connectivity index (χ3n) is 7.67. The highest BCUT2D eigenvalue weighted by molar-refractivity contribution is 8.00. The van der Waals surface area contributed by atoms with Crippen molar-refractivity contribution in [2.45, 2.75) is 126 Å². The molecule has 206 valence electrons. The van der Waals surface area contributed by atoms with Gasteiger partial charge in [-0.3, -0.25) is 4.79 Å². The van der Waals surface area contributed by atoms with E-state index in [1.54, 1.807) is 11.8 Å². The summed E-state index contributed by atoms with van der Waals surface area (Å²) in [6.45, 7) is 2.29. The fourth-order valence-electron chi connectivity index (χ4n) is 5.31. The normalized spacial score (nSPS) is 12.1. The van der Waals surface area contributed by atoms with Gasteiger partial charge in [-0.25, -0.2) is 0 Å². The molecule has 0 fully saturated rings. The van der Waals surface area contributed by atoms with Crippen molar-refractivity contribution in [3.63, 3.8) is 0 Å². The number of Topliss-reactive ketones (excluding diaryl/α,β-unsaturated/α-hetero) is 1. The molecule has 1 atom stereocenters. The van der Waals surface area contributed by atoms with Crippen molar-refractivity contribution >= 4 is 28.3 Å². The van der Waals surface area contributed by atoms with E-state index in [2.05, 4.69) is 49.4 Å². The number of rotatable bonds is 21. The van der Waals surface area contributed by atoms with Crippen molar-refractivity contribution in [3.05, 3.63) is 78.4 Å². The first-order valence-corrected chi connectivity index (χ1v) is 16.4. The van der Waals surface area contributed by atoms with Gasteiger partial charge in [0.15, 0.2) is 5.78 Å². The van der Waals surface area contributed by atoms with Crippen LogP contribution in [0, 0.1) is 0 Å². The van der Waals surface area contributed by atoms with Crippen LogP contribution in [0.25, 0.3) is 10.8 Å². The molecule has 3 rings (SSSR count). The monoisotopic (exact) mass is 530 g/mol. The van der Waals surface area contributed by atoms with Crippen LogP contribution in [0.4, 0.5) is 0 Å². The van der Waals surface area contributed by atoms with E-state index in [-0.39, 0.29) is 11.0 Å². The lowest BCUT2D eigenvalue weighted by molar-refractivity contribution is 0.0985. The average Bonchev–Trinajstić information content (AvgIpc) is 2.96. The molecule has 0 aliphatic heterocycles. The minimum Gasteiger partial charge on any atom is -0.293 e. The summed E-state index contributed by atoms with van der Waals surface area (Å²) < 4.78 is 0. The molecular formula is C36H50OS. The number of hydrogen-bond acceptors (Lipinski definition) is 2. The molecule has 0 radical (unpaired) electrons. The van der Waals surface area contributed by atoms with Crippen molar-refractivity contribution in [1.82, 2.24) is 0 Å². The van der Waals surface area contributed by atoms with Crippen LogP contribution in [-0.2, 0) is 0 Å². The SMILES string of the molecule is CCCCCCCCCCCCCCCCCCC(Sc1ccc2ccccc2c1)C(=O)c1ccccc1. The fourth-order valence-corrected chi connectivity index (χ4v) is 6.51. The van der Waals surface area contributed by atoms with Gasteiger partial charge in [0, 0.05) is 10.5 Å². The van der Waals surface area contributed by atoms with Crippen molar-refractivity contribution in [2.75, 3.05) is 0 Å². The van der Waals surface area contributed by atoms with Gasteiger partial charge in [-0.15, -0.1) is 11.8 Å². The number of hydrogen-bond donors (Lipinski definition) is 0. The summed E-state index contributed by atoms with van der Waals surface area (Å²) in [5.41, 5.74) is 0.835. The van der Waals surface area contributed by atoms with Crippen molar-refractivity contribution in [3.8, 4) is 0 Å². The predicted molar refractivity (Wildman–Crippen MR) is 169 cm³/mol. The Morgan fingerprint density at radius 3 is 1.66 bits per heavy atom. The van der Waals surface area contributed by atoms with Gasteiger partial charge < -0.3 is 0 Å². The molecule has 0 heterocycles. The number of carbonyl (C=O) groups is 1. The molecule has 0 aromatic heterocycles. The molecule has 1 unspecified atom stereocenters. The second-order valence-corrected chi connectivity index (χ2v) is 12.2. The van der Waals surface area contributed by atoms with Gasteiger partial charge in [-0.1, -0.05) is 170 Å². The Hall–Kier alpha value is -2.06. The molecule has 3 aromatic carbocycles. The van der Waals surface area contributed by atoms with E-state index in [1.165, 1.54) is 112 Å². The first kappa shape index (κ1) is 30.5. The molecule has 0 bridgehead atoms. The molecule has 0 spiro atoms. The van der Waals surface area contributed by atoms with Gasteiger partial charge in [-0.2, -0.15) is 0 Å². The summed E-state index contributed by atoms with van der Waals surface area (Å²) in [5, 5.41) is 2.47. The van der Waals surface area contributed by atoms with E-state index in [1.807, 2.05) is 30.3 Å². The van der Waals surface area contributed by atoms with Gasteiger partial charge in [0.25, 0.3) is 0 Å². The summed E-state index contributed by atoms with van der Waals surface area (Å²) in [6.07, 6.45) is 22.9. The lowest BCUT2D eigenvalue weighted by Gasteiger charge is -2.16. The maximum absolute atomic E-state index is 13.4. The zero-order valence-electron chi connectivity index (χ0n) is 23.8. The highest BCUT2D eigenvalue weighted by Gasteiger charge is 2.21. The number of fused-ring (bicyclic) bond motifs is 1. The largest absolute Gasteiger partial charge is 0.293 e. The van der Waals surface area contributed by atoms with Gasteiger partial charge in [0.05, 0.1) is 5.25 Å². The Kier molecular flexibility index (Phi) is 15.3. The lowest BCUT2D eigenvalue weighted by atomic mass is 10.0. The summed E-state index contributed by atoms with van der Waals surface area (Å²) in [7, 11) is 0. The van der Waals surface area contributed by atoms with E-state index in [0.29, 0.717) is 0 Å². The molecule has 1 nitrogen and oxygen atoms in total. The van der Waals surface area contributed by atoms with Crippen LogP contribution >= 0.6 is 11.8 Å². The van der Waals surface area contributed by atoms with E-state index in [9.17, 15) is 4.79 Å². The number of benzene rings is 3. The molecule has 0 aliphatic rings. The Bertz CT molecular complexity index is 1030. The highest BCUT2D eigenvalue weighted by Crippen LogP contribution is 2.32. The Labute approximate surface area is 237 Å². The van der Waals surface area contributed by atoms with Crippen molar-refractivity contribution in [2.24, 2.45) is 0 Å². The highest BCUT2D eigenvalue weighted by atomic mass is 32.2. The van der Waals surface area contributed by atoms with Crippen LogP contribution in [0.2, 0.25) is 0 Å². The Morgan fingerprint density at radius 1 is 0.579 bits per heavy atom. The summed E-state index contributed by atoms with van der Waals surface area (Å²) in [6, 6.07) is 24.9. The van der Waals surface area contributed by atoms with E-state index >= 15 is 0 Å². The summed E-state index contributed by atoms with van der Waals surface area (Å²) in [5.74, 6) is 0.268. The third kappa shape index (κ3) is 11.8. The maximum atomic E-state index is 13.4. The molecule has 0 saturated carbocycles. The molecule has 38 heavy (non-hydrogen) atoms. The van der Waals surface area contributed by atoms with Crippen LogP contribution < -0.4 is 0 Å². The maximum Gasteiger partial charge on any atom is 0.176 e. The van der Waals surface area contributed by atoms with Gasteiger partial charge in [0.1, 0.15) is 0 Å². The fraction of sp³-hybridized carbons (Fsp3) is 0.528. The predicted octanol–water partition coefficient (Wildman–Crippen LogP) is 11.8. The van der Waals surface area contributed by atoms with E-state index in [4.69, 9.17) is 0 Å². The molecule has 0 aliphatic carbocycles. The Balaban J connectivity index is 1.32. The molecule has 3 aromatic rings. The molecule has 0 amide bonds. The smallest absolute Gasteiger partial charge is 0.176 e. The topological polar surface area (TPSA) is 17.1 Å². The first-order chi connectivity index (χ1) is 18.8.